The molecule has 1 atom stereocenters. The Labute approximate surface area is 187 Å². The number of thioether (sulfide) groups is 1. The quantitative estimate of drug-likeness (QED) is 0.441. The van der Waals surface area contributed by atoms with E-state index >= 15 is 0 Å². The number of benzene rings is 2. The van der Waals surface area contributed by atoms with Crippen LogP contribution in [0.5, 0.6) is 0 Å². The smallest absolute Gasteiger partial charge is 0.220 e. The molecule has 31 heavy (non-hydrogen) atoms. The van der Waals surface area contributed by atoms with Gasteiger partial charge in [0, 0.05) is 46.9 Å². The summed E-state index contributed by atoms with van der Waals surface area (Å²) in [5.74, 6) is 0.124. The molecule has 1 fully saturated rings. The maximum atomic E-state index is 12.5. The Morgan fingerprint density at radius 2 is 1.97 bits per heavy atom. The number of carbonyl (C=O) groups excluding carboxylic acids is 2. The van der Waals surface area contributed by atoms with Crippen molar-refractivity contribution in [2.45, 2.75) is 49.0 Å². The molecule has 0 radical (unpaired) electrons. The molecule has 1 aromatic heterocycles. The predicted octanol–water partition coefficient (Wildman–Crippen LogP) is 4.22. The first kappa shape index (κ1) is 21.5. The maximum absolute atomic E-state index is 12.5. The molecule has 5 nitrogen and oxygen atoms in total. The zero-order valence-corrected chi connectivity index (χ0v) is 18.7. The summed E-state index contributed by atoms with van der Waals surface area (Å²) in [6, 6.07) is 16.7. The molecule has 1 saturated heterocycles. The van der Waals surface area contributed by atoms with Crippen LogP contribution < -0.4 is 10.6 Å². The minimum Gasteiger partial charge on any atom is -0.361 e. The van der Waals surface area contributed by atoms with Gasteiger partial charge in [0.25, 0.3) is 0 Å². The van der Waals surface area contributed by atoms with Gasteiger partial charge in [0.05, 0.1) is 0 Å². The van der Waals surface area contributed by atoms with Crippen molar-refractivity contribution in [3.05, 3.63) is 65.9 Å². The third-order valence-electron chi connectivity index (χ3n) is 6.16. The van der Waals surface area contributed by atoms with E-state index in [0.717, 1.165) is 24.8 Å². The second kappa shape index (κ2) is 9.60. The fourth-order valence-corrected chi connectivity index (χ4v) is 4.84. The molecule has 3 aromatic rings. The Morgan fingerprint density at radius 3 is 2.71 bits per heavy atom. The molecule has 2 amide bonds. The summed E-state index contributed by atoms with van der Waals surface area (Å²) in [6.07, 6.45) is 8.01. The van der Waals surface area contributed by atoms with Crippen LogP contribution >= 0.6 is 11.8 Å². The Kier molecular flexibility index (Phi) is 6.66. The number of nitrogens with one attached hydrogen (secondary N) is 3. The highest BCUT2D eigenvalue weighted by Crippen LogP contribution is 2.30. The first-order valence-electron chi connectivity index (χ1n) is 10.8. The molecular formula is C25H29N3O2S. The van der Waals surface area contributed by atoms with Gasteiger partial charge in [-0.1, -0.05) is 30.3 Å². The summed E-state index contributed by atoms with van der Waals surface area (Å²) in [5.41, 5.74) is 3.20. The topological polar surface area (TPSA) is 74.0 Å². The van der Waals surface area contributed by atoms with Crippen LogP contribution in [0.2, 0.25) is 0 Å². The van der Waals surface area contributed by atoms with E-state index in [0.29, 0.717) is 25.8 Å². The van der Waals surface area contributed by atoms with Crippen LogP contribution in [0.15, 0.2) is 59.6 Å². The third-order valence-corrected chi connectivity index (χ3v) is 6.90. The molecule has 1 aliphatic heterocycles. The molecule has 6 heteroatoms. The first-order chi connectivity index (χ1) is 15.1. The van der Waals surface area contributed by atoms with Gasteiger partial charge in [-0.25, -0.2) is 0 Å². The van der Waals surface area contributed by atoms with E-state index in [4.69, 9.17) is 0 Å². The Morgan fingerprint density at radius 1 is 1.16 bits per heavy atom. The lowest BCUT2D eigenvalue weighted by Crippen LogP contribution is -2.44. The Hall–Kier alpha value is -2.73. The molecule has 2 aromatic carbocycles. The molecule has 0 aliphatic carbocycles. The Bertz CT molecular complexity index is 1060. The second-order valence-corrected chi connectivity index (χ2v) is 9.19. The summed E-state index contributed by atoms with van der Waals surface area (Å²) in [4.78, 5) is 29.0. The third kappa shape index (κ3) is 5.31. The van der Waals surface area contributed by atoms with Crippen molar-refractivity contribution in [1.82, 2.24) is 15.6 Å². The highest BCUT2D eigenvalue weighted by atomic mass is 32.2. The summed E-state index contributed by atoms with van der Waals surface area (Å²) >= 11 is 1.72. The molecule has 4 rings (SSSR count). The van der Waals surface area contributed by atoms with Crippen LogP contribution in [0.25, 0.3) is 10.9 Å². The summed E-state index contributed by atoms with van der Waals surface area (Å²) in [5, 5.41) is 7.42. The zero-order valence-electron chi connectivity index (χ0n) is 17.9. The van der Waals surface area contributed by atoms with Gasteiger partial charge in [-0.2, -0.15) is 0 Å². The van der Waals surface area contributed by atoms with Gasteiger partial charge in [0.2, 0.25) is 11.8 Å². The number of hydrogen-bond acceptors (Lipinski definition) is 3. The van der Waals surface area contributed by atoms with E-state index in [1.54, 1.807) is 11.8 Å². The summed E-state index contributed by atoms with van der Waals surface area (Å²) in [7, 11) is 0. The highest BCUT2D eigenvalue weighted by molar-refractivity contribution is 7.98. The van der Waals surface area contributed by atoms with Gasteiger partial charge in [0.15, 0.2) is 0 Å². The monoisotopic (exact) mass is 435 g/mol. The molecule has 3 N–H and O–H groups in total. The van der Waals surface area contributed by atoms with Gasteiger partial charge in [0.1, 0.15) is 0 Å². The fraction of sp³-hybridized carbons (Fsp3) is 0.360. The van der Waals surface area contributed by atoms with Crippen molar-refractivity contribution >= 4 is 34.5 Å². The van der Waals surface area contributed by atoms with Gasteiger partial charge in [-0.15, -0.1) is 11.8 Å². The minimum atomic E-state index is -0.327. The number of aromatic amines is 1. The molecule has 162 valence electrons. The number of aromatic nitrogens is 1. The van der Waals surface area contributed by atoms with E-state index in [1.165, 1.54) is 21.4 Å². The molecule has 0 spiro atoms. The lowest BCUT2D eigenvalue weighted by Gasteiger charge is -2.29. The number of H-pyrrole nitrogens is 1. The molecule has 2 heterocycles. The van der Waals surface area contributed by atoms with E-state index < -0.39 is 0 Å². The van der Waals surface area contributed by atoms with Crippen LogP contribution in [-0.2, 0) is 22.4 Å². The van der Waals surface area contributed by atoms with Crippen molar-refractivity contribution < 1.29 is 9.59 Å². The second-order valence-electron chi connectivity index (χ2n) is 8.31. The lowest BCUT2D eigenvalue weighted by molar-refractivity contribution is -0.122. The number of fused-ring (bicyclic) bond motifs is 1. The van der Waals surface area contributed by atoms with Crippen molar-refractivity contribution in [2.75, 3.05) is 12.8 Å². The number of carbonyl (C=O) groups is 2. The van der Waals surface area contributed by atoms with Gasteiger partial charge in [-0.3, -0.25) is 9.59 Å². The van der Waals surface area contributed by atoms with E-state index in [-0.39, 0.29) is 17.4 Å². The van der Waals surface area contributed by atoms with Crippen LogP contribution in [0, 0.1) is 0 Å². The number of rotatable bonds is 9. The van der Waals surface area contributed by atoms with E-state index in [2.05, 4.69) is 58.3 Å². The average molecular weight is 436 g/mol. The number of hydrogen-bond donors (Lipinski definition) is 3. The largest absolute Gasteiger partial charge is 0.361 e. The van der Waals surface area contributed by atoms with E-state index in [9.17, 15) is 9.59 Å². The van der Waals surface area contributed by atoms with Crippen LogP contribution in [-0.4, -0.2) is 35.1 Å². The number of para-hydroxylation sites is 1. The van der Waals surface area contributed by atoms with Crippen molar-refractivity contribution in [3.63, 3.8) is 0 Å². The standard InChI is InChI=1S/C25H29N3O2S/c1-31-20-8-6-18(7-9-20)16-25(14-11-24(30)28-25)13-10-23(29)26-15-12-19-17-27-22-5-3-2-4-21(19)22/h2-9,17,27H,10-16H2,1H3,(H,26,29)(H,28,30)/t25-/m1/s1. The van der Waals surface area contributed by atoms with Crippen molar-refractivity contribution in [2.24, 2.45) is 0 Å². The molecule has 1 aliphatic rings. The van der Waals surface area contributed by atoms with Crippen molar-refractivity contribution in [3.8, 4) is 0 Å². The van der Waals surface area contributed by atoms with Gasteiger partial charge >= 0.3 is 0 Å². The molecule has 0 bridgehead atoms. The normalized spacial score (nSPS) is 18.3. The van der Waals surface area contributed by atoms with Gasteiger partial charge in [-0.05, 0) is 61.3 Å². The molecule has 0 saturated carbocycles. The maximum Gasteiger partial charge on any atom is 0.220 e. The van der Waals surface area contributed by atoms with Crippen molar-refractivity contribution in [1.29, 1.82) is 0 Å². The SMILES string of the molecule is CSc1ccc(C[C@@]2(CCC(=O)NCCc3c[nH]c4ccccc34)CCC(=O)N2)cc1. The van der Waals surface area contributed by atoms with Crippen LogP contribution in [0.1, 0.15) is 36.8 Å². The van der Waals surface area contributed by atoms with E-state index in [1.807, 2.05) is 18.3 Å². The lowest BCUT2D eigenvalue weighted by atomic mass is 9.85. The van der Waals surface area contributed by atoms with Crippen LogP contribution in [0.3, 0.4) is 0 Å². The number of amides is 2. The van der Waals surface area contributed by atoms with Crippen LogP contribution in [0.4, 0.5) is 0 Å². The Balaban J connectivity index is 1.30. The first-order valence-corrected chi connectivity index (χ1v) is 12.0. The average Bonchev–Trinajstić information content (AvgIpc) is 3.37. The predicted molar refractivity (Wildman–Crippen MR) is 126 cm³/mol. The van der Waals surface area contributed by atoms with Gasteiger partial charge < -0.3 is 15.6 Å². The molecule has 0 unspecified atom stereocenters. The minimum absolute atomic E-state index is 0.0399. The summed E-state index contributed by atoms with van der Waals surface area (Å²) < 4.78 is 0. The highest BCUT2D eigenvalue weighted by Gasteiger charge is 2.37. The fourth-order valence-electron chi connectivity index (χ4n) is 4.43. The molecular weight excluding hydrogens is 406 g/mol. The summed E-state index contributed by atoms with van der Waals surface area (Å²) in [6.45, 7) is 0.607. The zero-order chi connectivity index (χ0) is 21.7.